The Morgan fingerprint density at radius 1 is 1.57 bits per heavy atom. The van der Waals surface area contributed by atoms with Crippen LogP contribution in [0.4, 0.5) is 0 Å². The molecule has 2 saturated heterocycles. The van der Waals surface area contributed by atoms with Crippen molar-refractivity contribution in [1.29, 1.82) is 0 Å². The van der Waals surface area contributed by atoms with Gasteiger partial charge in [0.1, 0.15) is 0 Å². The molecule has 0 aromatic carbocycles. The maximum atomic E-state index is 12.7. The van der Waals surface area contributed by atoms with Gasteiger partial charge >= 0.3 is 0 Å². The van der Waals surface area contributed by atoms with Gasteiger partial charge in [0.15, 0.2) is 5.82 Å². The molecule has 6 nitrogen and oxygen atoms in total. The van der Waals surface area contributed by atoms with E-state index in [1.54, 1.807) is 11.3 Å². The first-order chi connectivity index (χ1) is 11.2. The van der Waals surface area contributed by atoms with Gasteiger partial charge in [0, 0.05) is 19.7 Å². The first-order valence-electron chi connectivity index (χ1n) is 7.89. The minimum Gasteiger partial charge on any atom is -0.377 e. The Bertz CT molecular complexity index is 699. The van der Waals surface area contributed by atoms with Crippen LogP contribution in [-0.2, 0) is 21.4 Å². The van der Waals surface area contributed by atoms with E-state index in [-0.39, 0.29) is 17.4 Å². The van der Waals surface area contributed by atoms with E-state index >= 15 is 0 Å². The molecule has 0 unspecified atom stereocenters. The summed E-state index contributed by atoms with van der Waals surface area (Å²) in [5.74, 6) is 1.40. The third kappa shape index (κ3) is 2.57. The molecule has 0 saturated carbocycles. The highest BCUT2D eigenvalue weighted by Crippen LogP contribution is 2.42. The zero-order chi connectivity index (χ0) is 15.9. The normalized spacial score (nSPS) is 27.2. The van der Waals surface area contributed by atoms with Gasteiger partial charge in [-0.2, -0.15) is 16.3 Å². The average molecular weight is 333 g/mol. The van der Waals surface area contributed by atoms with Crippen LogP contribution in [0, 0.1) is 6.92 Å². The van der Waals surface area contributed by atoms with Crippen LogP contribution in [0.15, 0.2) is 21.3 Å². The van der Waals surface area contributed by atoms with E-state index in [4.69, 9.17) is 9.26 Å². The minimum absolute atomic E-state index is 0.0625. The monoisotopic (exact) mass is 333 g/mol. The highest BCUT2D eigenvalue weighted by molar-refractivity contribution is 7.07. The van der Waals surface area contributed by atoms with Crippen molar-refractivity contribution in [2.24, 2.45) is 0 Å². The van der Waals surface area contributed by atoms with Crippen molar-refractivity contribution < 1.29 is 14.1 Å². The second-order valence-corrected chi connectivity index (χ2v) is 7.10. The quantitative estimate of drug-likeness (QED) is 0.859. The van der Waals surface area contributed by atoms with E-state index in [1.807, 2.05) is 28.7 Å². The van der Waals surface area contributed by atoms with Gasteiger partial charge in [0.2, 0.25) is 11.8 Å². The Morgan fingerprint density at radius 2 is 2.48 bits per heavy atom. The van der Waals surface area contributed by atoms with E-state index in [1.165, 1.54) is 0 Å². The summed E-state index contributed by atoms with van der Waals surface area (Å²) in [5, 5.41) is 7.96. The number of likely N-dealkylation sites (tertiary alicyclic amines) is 1. The van der Waals surface area contributed by atoms with Gasteiger partial charge in [-0.05, 0) is 42.2 Å². The van der Waals surface area contributed by atoms with Gasteiger partial charge in [-0.1, -0.05) is 5.16 Å². The molecule has 2 fully saturated rings. The lowest BCUT2D eigenvalue weighted by Gasteiger charge is -2.41. The van der Waals surface area contributed by atoms with Crippen LogP contribution in [0.2, 0.25) is 0 Å². The van der Waals surface area contributed by atoms with Crippen LogP contribution >= 0.6 is 11.3 Å². The number of fused-ring (bicyclic) bond motifs is 1. The lowest BCUT2D eigenvalue weighted by molar-refractivity contribution is -0.134. The van der Waals surface area contributed by atoms with Gasteiger partial charge in [0.25, 0.3) is 0 Å². The number of aromatic nitrogens is 2. The van der Waals surface area contributed by atoms with Gasteiger partial charge in [-0.25, -0.2) is 0 Å². The fourth-order valence-electron chi connectivity index (χ4n) is 3.64. The summed E-state index contributed by atoms with van der Waals surface area (Å²) in [6.45, 7) is 3.82. The van der Waals surface area contributed by atoms with Crippen LogP contribution in [0.1, 0.15) is 30.1 Å². The predicted octanol–water partition coefficient (Wildman–Crippen LogP) is 1.94. The van der Waals surface area contributed by atoms with E-state index in [2.05, 4.69) is 10.1 Å². The molecule has 0 bridgehead atoms. The van der Waals surface area contributed by atoms with Crippen molar-refractivity contribution in [3.63, 3.8) is 0 Å². The molecule has 2 aliphatic heterocycles. The van der Waals surface area contributed by atoms with Crippen molar-refractivity contribution in [3.05, 3.63) is 34.1 Å². The second kappa shape index (κ2) is 5.72. The van der Waals surface area contributed by atoms with Crippen LogP contribution in [-0.4, -0.2) is 46.7 Å². The molecule has 0 aliphatic carbocycles. The smallest absolute Gasteiger partial charge is 0.237 e. The molecule has 0 radical (unpaired) electrons. The highest BCUT2D eigenvalue weighted by Gasteiger charge is 2.53. The zero-order valence-corrected chi connectivity index (χ0v) is 13.8. The number of thiophene rings is 1. The molecule has 122 valence electrons. The summed E-state index contributed by atoms with van der Waals surface area (Å²) in [6.07, 6.45) is 2.15. The van der Waals surface area contributed by atoms with Gasteiger partial charge in [-0.3, -0.25) is 4.79 Å². The number of ether oxygens (including phenoxy) is 1. The maximum Gasteiger partial charge on any atom is 0.237 e. The number of carbonyl (C=O) groups excluding carboxylic acids is 1. The molecule has 2 aromatic heterocycles. The predicted molar refractivity (Wildman–Crippen MR) is 84.3 cm³/mol. The first kappa shape index (κ1) is 14.8. The van der Waals surface area contributed by atoms with Crippen molar-refractivity contribution in [2.75, 3.05) is 19.7 Å². The lowest BCUT2D eigenvalue weighted by Crippen LogP contribution is -2.54. The molecule has 0 N–H and O–H groups in total. The van der Waals surface area contributed by atoms with Crippen molar-refractivity contribution in [2.45, 2.75) is 37.7 Å². The fraction of sp³-hybridized carbons (Fsp3) is 0.562. The van der Waals surface area contributed by atoms with Crippen LogP contribution in [0.5, 0.6) is 0 Å². The number of aryl methyl sites for hydroxylation is 1. The van der Waals surface area contributed by atoms with Crippen LogP contribution in [0.3, 0.4) is 0 Å². The summed E-state index contributed by atoms with van der Waals surface area (Å²) in [4.78, 5) is 19.0. The van der Waals surface area contributed by atoms with E-state index in [0.717, 1.165) is 24.9 Å². The zero-order valence-electron chi connectivity index (χ0n) is 13.0. The third-order valence-corrected chi connectivity index (χ3v) is 5.59. The second-order valence-electron chi connectivity index (χ2n) is 6.32. The number of hydrogen-bond donors (Lipinski definition) is 0. The molecule has 4 rings (SSSR count). The topological polar surface area (TPSA) is 68.5 Å². The Kier molecular flexibility index (Phi) is 3.69. The Labute approximate surface area is 138 Å². The van der Waals surface area contributed by atoms with Crippen molar-refractivity contribution in [3.8, 4) is 0 Å². The molecule has 1 amide bonds. The molecule has 23 heavy (non-hydrogen) atoms. The molecular formula is C16H19N3O3S. The van der Waals surface area contributed by atoms with Gasteiger partial charge < -0.3 is 14.2 Å². The third-order valence-electron chi connectivity index (χ3n) is 4.86. The summed E-state index contributed by atoms with van der Waals surface area (Å²) in [7, 11) is 0. The number of hydrogen-bond acceptors (Lipinski definition) is 6. The van der Waals surface area contributed by atoms with E-state index < -0.39 is 0 Å². The standard InChI is InChI=1S/C16H19N3O3S/c1-11-17-15(22-18-11)16-4-6-21-13(16)2-5-19(10-16)14(20)8-12-3-7-23-9-12/h3,7,9,13H,2,4-6,8,10H2,1H3/t13-,16-/m1/s1. The van der Waals surface area contributed by atoms with Gasteiger partial charge in [0.05, 0.1) is 17.9 Å². The van der Waals surface area contributed by atoms with Crippen molar-refractivity contribution in [1.82, 2.24) is 15.0 Å². The largest absolute Gasteiger partial charge is 0.377 e. The van der Waals surface area contributed by atoms with E-state index in [0.29, 0.717) is 31.3 Å². The summed E-state index contributed by atoms with van der Waals surface area (Å²) < 4.78 is 11.4. The number of nitrogens with zero attached hydrogens (tertiary/aromatic N) is 3. The molecule has 2 atom stereocenters. The molecular weight excluding hydrogens is 314 g/mol. The molecule has 2 aromatic rings. The summed E-state index contributed by atoms with van der Waals surface area (Å²) >= 11 is 1.62. The first-order valence-corrected chi connectivity index (χ1v) is 8.83. The number of rotatable bonds is 3. The average Bonchev–Trinajstić information content (AvgIpc) is 3.26. The fourth-order valence-corrected chi connectivity index (χ4v) is 4.31. The lowest BCUT2D eigenvalue weighted by atomic mass is 9.76. The van der Waals surface area contributed by atoms with Crippen LogP contribution in [0.25, 0.3) is 0 Å². The molecule has 4 heterocycles. The Hall–Kier alpha value is -1.73. The molecule has 7 heteroatoms. The molecule has 0 spiro atoms. The maximum absolute atomic E-state index is 12.7. The minimum atomic E-state index is -0.343. The number of piperidine rings is 1. The highest BCUT2D eigenvalue weighted by atomic mass is 32.1. The number of carbonyl (C=O) groups is 1. The molecule has 2 aliphatic rings. The van der Waals surface area contributed by atoms with E-state index in [9.17, 15) is 4.79 Å². The SMILES string of the molecule is Cc1noc([C@@]23CCO[C@@H]2CCN(C(=O)Cc2ccsc2)C3)n1. The summed E-state index contributed by atoms with van der Waals surface area (Å²) in [5.41, 5.74) is 0.733. The number of amides is 1. The Morgan fingerprint density at radius 3 is 3.22 bits per heavy atom. The van der Waals surface area contributed by atoms with Crippen LogP contribution < -0.4 is 0 Å². The van der Waals surface area contributed by atoms with Gasteiger partial charge in [-0.15, -0.1) is 0 Å². The Balaban J connectivity index is 1.57. The summed E-state index contributed by atoms with van der Waals surface area (Å²) in [6, 6.07) is 2.01. The van der Waals surface area contributed by atoms with Crippen molar-refractivity contribution >= 4 is 17.2 Å².